The number of hydrogen-bond donors (Lipinski definition) is 0. The van der Waals surface area contributed by atoms with Gasteiger partial charge in [-0.15, -0.1) is 0 Å². The smallest absolute Gasteiger partial charge is 0.260 e. The number of aromatic nitrogens is 2. The fourth-order valence-corrected chi connectivity index (χ4v) is 3.03. The Morgan fingerprint density at radius 1 is 1.23 bits per heavy atom. The van der Waals surface area contributed by atoms with Crippen molar-refractivity contribution in [1.29, 1.82) is 0 Å². The zero-order chi connectivity index (χ0) is 18.5. The molecule has 0 radical (unpaired) electrons. The van der Waals surface area contributed by atoms with E-state index in [2.05, 4.69) is 10.1 Å². The fraction of sp³-hybridized carbons (Fsp3) is 0.474. The molecule has 0 atom stereocenters. The number of likely N-dealkylation sites (tertiary alicyclic amines) is 1. The number of Topliss-reactive ketones (excluding diaryl/α,β-unsaturated/α-hetero) is 1. The second-order valence-corrected chi connectivity index (χ2v) is 6.42. The normalized spacial score (nSPS) is 15.1. The van der Waals surface area contributed by atoms with Crippen LogP contribution in [-0.4, -0.2) is 46.4 Å². The number of nitrogens with zero attached hydrogens (tertiary/aromatic N) is 3. The van der Waals surface area contributed by atoms with Crippen LogP contribution in [0.2, 0.25) is 0 Å². The average Bonchev–Trinajstić information content (AvgIpc) is 3.12. The molecular weight excluding hydrogens is 334 g/mol. The van der Waals surface area contributed by atoms with Crippen LogP contribution in [0.3, 0.4) is 0 Å². The SMILES string of the molecule is CCC(=O)c1ccc(OCC(=O)N2CCC(c3nc(C)no3)CC2)cc1. The Bertz CT molecular complexity index is 761. The van der Waals surface area contributed by atoms with E-state index >= 15 is 0 Å². The van der Waals surface area contributed by atoms with E-state index in [4.69, 9.17) is 9.26 Å². The second-order valence-electron chi connectivity index (χ2n) is 6.42. The van der Waals surface area contributed by atoms with Crippen molar-refractivity contribution >= 4 is 11.7 Å². The molecule has 26 heavy (non-hydrogen) atoms. The number of ether oxygens (including phenoxy) is 1. The molecule has 1 aromatic heterocycles. The molecule has 0 saturated carbocycles. The highest BCUT2D eigenvalue weighted by Crippen LogP contribution is 2.26. The minimum atomic E-state index is -0.0427. The lowest BCUT2D eigenvalue weighted by Gasteiger charge is -2.30. The van der Waals surface area contributed by atoms with Crippen molar-refractivity contribution in [2.45, 2.75) is 39.0 Å². The maximum atomic E-state index is 12.3. The first kappa shape index (κ1) is 18.1. The summed E-state index contributed by atoms with van der Waals surface area (Å²) in [6.07, 6.45) is 2.08. The Kier molecular flexibility index (Phi) is 5.65. The number of rotatable bonds is 6. The predicted molar refractivity (Wildman–Crippen MR) is 94.1 cm³/mol. The van der Waals surface area contributed by atoms with Crippen LogP contribution in [0, 0.1) is 6.92 Å². The highest BCUT2D eigenvalue weighted by Gasteiger charge is 2.27. The molecule has 1 aliphatic rings. The first-order chi connectivity index (χ1) is 12.6. The number of aryl methyl sites for hydroxylation is 1. The molecule has 1 saturated heterocycles. The number of amides is 1. The topological polar surface area (TPSA) is 85.5 Å². The highest BCUT2D eigenvalue weighted by atomic mass is 16.5. The molecule has 0 spiro atoms. The number of piperidine rings is 1. The molecule has 0 unspecified atom stereocenters. The summed E-state index contributed by atoms with van der Waals surface area (Å²) in [5.41, 5.74) is 0.657. The van der Waals surface area contributed by atoms with Crippen molar-refractivity contribution in [2.24, 2.45) is 0 Å². The van der Waals surface area contributed by atoms with Crippen LogP contribution in [0.15, 0.2) is 28.8 Å². The fourth-order valence-electron chi connectivity index (χ4n) is 3.03. The lowest BCUT2D eigenvalue weighted by atomic mass is 9.97. The Balaban J connectivity index is 1.46. The third-order valence-corrected chi connectivity index (χ3v) is 4.60. The van der Waals surface area contributed by atoms with Gasteiger partial charge in [0.15, 0.2) is 18.2 Å². The van der Waals surface area contributed by atoms with Gasteiger partial charge in [0.25, 0.3) is 5.91 Å². The van der Waals surface area contributed by atoms with Crippen molar-refractivity contribution in [2.75, 3.05) is 19.7 Å². The molecule has 1 aromatic carbocycles. The molecule has 138 valence electrons. The lowest BCUT2D eigenvalue weighted by molar-refractivity contribution is -0.134. The van der Waals surface area contributed by atoms with Gasteiger partial charge < -0.3 is 14.2 Å². The van der Waals surface area contributed by atoms with Crippen LogP contribution >= 0.6 is 0 Å². The minimum Gasteiger partial charge on any atom is -0.484 e. The van der Waals surface area contributed by atoms with Crippen LogP contribution in [0.1, 0.15) is 54.2 Å². The number of carbonyl (C=O) groups excluding carboxylic acids is 2. The highest BCUT2D eigenvalue weighted by molar-refractivity contribution is 5.95. The largest absolute Gasteiger partial charge is 0.484 e. The second kappa shape index (κ2) is 8.12. The van der Waals surface area contributed by atoms with Gasteiger partial charge in [-0.3, -0.25) is 9.59 Å². The van der Waals surface area contributed by atoms with Crippen molar-refractivity contribution in [3.8, 4) is 5.75 Å². The summed E-state index contributed by atoms with van der Waals surface area (Å²) < 4.78 is 10.8. The summed E-state index contributed by atoms with van der Waals surface area (Å²) in [6.45, 7) is 4.92. The monoisotopic (exact) mass is 357 g/mol. The first-order valence-corrected chi connectivity index (χ1v) is 8.91. The zero-order valence-corrected chi connectivity index (χ0v) is 15.1. The third-order valence-electron chi connectivity index (χ3n) is 4.60. The first-order valence-electron chi connectivity index (χ1n) is 8.91. The molecule has 1 aliphatic heterocycles. The lowest BCUT2D eigenvalue weighted by Crippen LogP contribution is -2.40. The number of benzene rings is 1. The van der Waals surface area contributed by atoms with Crippen LogP contribution in [-0.2, 0) is 4.79 Å². The summed E-state index contributed by atoms with van der Waals surface area (Å²) in [5, 5.41) is 3.82. The zero-order valence-electron chi connectivity index (χ0n) is 15.1. The van der Waals surface area contributed by atoms with Crippen LogP contribution in [0.5, 0.6) is 5.75 Å². The molecule has 7 nitrogen and oxygen atoms in total. The number of hydrogen-bond acceptors (Lipinski definition) is 6. The molecule has 0 N–H and O–H groups in total. The maximum absolute atomic E-state index is 12.3. The van der Waals surface area contributed by atoms with Crippen molar-refractivity contribution in [1.82, 2.24) is 15.0 Å². The molecule has 1 fully saturated rings. The van der Waals surface area contributed by atoms with Gasteiger partial charge in [-0.1, -0.05) is 12.1 Å². The standard InChI is InChI=1S/C19H23N3O4/c1-3-17(23)14-4-6-16(7-5-14)25-12-18(24)22-10-8-15(9-11-22)19-20-13(2)21-26-19/h4-7,15H,3,8-12H2,1-2H3. The van der Waals surface area contributed by atoms with E-state index in [0.29, 0.717) is 42.5 Å². The Morgan fingerprint density at radius 3 is 2.50 bits per heavy atom. The van der Waals surface area contributed by atoms with Gasteiger partial charge in [0, 0.05) is 31.0 Å². The van der Waals surface area contributed by atoms with E-state index in [0.717, 1.165) is 12.8 Å². The molecule has 2 aromatic rings. The average molecular weight is 357 g/mol. The van der Waals surface area contributed by atoms with E-state index < -0.39 is 0 Å². The number of carbonyl (C=O) groups is 2. The van der Waals surface area contributed by atoms with Crippen molar-refractivity contribution in [3.05, 3.63) is 41.5 Å². The third kappa shape index (κ3) is 4.28. The van der Waals surface area contributed by atoms with Gasteiger partial charge in [-0.05, 0) is 44.0 Å². The molecule has 7 heteroatoms. The molecule has 3 rings (SSSR count). The van der Waals surface area contributed by atoms with Gasteiger partial charge in [0.05, 0.1) is 0 Å². The van der Waals surface area contributed by atoms with E-state index in [9.17, 15) is 9.59 Å². The predicted octanol–water partition coefficient (Wildman–Crippen LogP) is 2.76. The molecule has 0 aliphatic carbocycles. The van der Waals surface area contributed by atoms with E-state index in [1.54, 1.807) is 36.1 Å². The summed E-state index contributed by atoms with van der Waals surface area (Å²) in [4.78, 5) is 30.0. The van der Waals surface area contributed by atoms with Gasteiger partial charge >= 0.3 is 0 Å². The maximum Gasteiger partial charge on any atom is 0.260 e. The Morgan fingerprint density at radius 2 is 1.92 bits per heavy atom. The Labute approximate surface area is 152 Å². The Hall–Kier alpha value is -2.70. The van der Waals surface area contributed by atoms with Crippen LogP contribution in [0.4, 0.5) is 0 Å². The van der Waals surface area contributed by atoms with Crippen LogP contribution in [0.25, 0.3) is 0 Å². The number of ketones is 1. The molecule has 2 heterocycles. The van der Waals surface area contributed by atoms with Crippen LogP contribution < -0.4 is 4.74 Å². The molecule has 1 amide bonds. The van der Waals surface area contributed by atoms with Gasteiger partial charge in [0.1, 0.15) is 5.75 Å². The van der Waals surface area contributed by atoms with Gasteiger partial charge in [-0.2, -0.15) is 4.98 Å². The van der Waals surface area contributed by atoms with Crippen molar-refractivity contribution < 1.29 is 18.8 Å². The van der Waals surface area contributed by atoms with Crippen molar-refractivity contribution in [3.63, 3.8) is 0 Å². The van der Waals surface area contributed by atoms with Gasteiger partial charge in [-0.25, -0.2) is 0 Å². The van der Waals surface area contributed by atoms with E-state index in [1.807, 2.05) is 6.92 Å². The van der Waals surface area contributed by atoms with E-state index in [1.165, 1.54) is 0 Å². The summed E-state index contributed by atoms with van der Waals surface area (Å²) in [5.74, 6) is 2.14. The summed E-state index contributed by atoms with van der Waals surface area (Å²) in [7, 11) is 0. The minimum absolute atomic E-state index is 0.00853. The van der Waals surface area contributed by atoms with E-state index in [-0.39, 0.29) is 24.2 Å². The quantitative estimate of drug-likeness (QED) is 0.739. The molecule has 0 bridgehead atoms. The van der Waals surface area contributed by atoms with Gasteiger partial charge in [0.2, 0.25) is 5.89 Å². The molecular formula is C19H23N3O4. The summed E-state index contributed by atoms with van der Waals surface area (Å²) >= 11 is 0. The summed E-state index contributed by atoms with van der Waals surface area (Å²) in [6, 6.07) is 6.90.